The number of nitrogens with zero attached hydrogens (tertiary/aromatic N) is 3. The molecule has 6 nitrogen and oxygen atoms in total. The smallest absolute Gasteiger partial charge is 0.267 e. The van der Waals surface area contributed by atoms with Crippen LogP contribution in [0.3, 0.4) is 0 Å². The van der Waals surface area contributed by atoms with Crippen molar-refractivity contribution in [1.82, 2.24) is 25.1 Å². The van der Waals surface area contributed by atoms with E-state index in [2.05, 4.69) is 20.4 Å². The molecule has 0 atom stereocenters. The van der Waals surface area contributed by atoms with Gasteiger partial charge in [0.2, 0.25) is 0 Å². The van der Waals surface area contributed by atoms with E-state index < -0.39 is 0 Å². The van der Waals surface area contributed by atoms with E-state index in [0.717, 1.165) is 16.5 Å². The van der Waals surface area contributed by atoms with Gasteiger partial charge in [0.1, 0.15) is 5.69 Å². The number of aromatic amines is 1. The summed E-state index contributed by atoms with van der Waals surface area (Å²) in [6.45, 7) is 0.395. The Bertz CT molecular complexity index is 1040. The summed E-state index contributed by atoms with van der Waals surface area (Å²) in [5.74, 6) is 0.529. The molecule has 0 aliphatic heterocycles. The SMILES string of the molecule is O=C(NCc1ccnc(-n2cccn2)c1)c1cc2cc(Cl)ccc2[nH]1. The fourth-order valence-corrected chi connectivity index (χ4v) is 2.78. The van der Waals surface area contributed by atoms with Gasteiger partial charge < -0.3 is 10.3 Å². The minimum Gasteiger partial charge on any atom is -0.351 e. The molecule has 1 amide bonds. The minimum absolute atomic E-state index is 0.176. The van der Waals surface area contributed by atoms with E-state index in [-0.39, 0.29) is 5.91 Å². The first kappa shape index (κ1) is 15.4. The second-order valence-electron chi connectivity index (χ2n) is 5.57. The first-order valence-electron chi connectivity index (χ1n) is 7.70. The number of hydrogen-bond donors (Lipinski definition) is 2. The first-order valence-corrected chi connectivity index (χ1v) is 8.08. The van der Waals surface area contributed by atoms with E-state index in [0.29, 0.717) is 23.1 Å². The molecule has 1 aromatic carbocycles. The highest BCUT2D eigenvalue weighted by atomic mass is 35.5. The van der Waals surface area contributed by atoms with E-state index in [9.17, 15) is 4.79 Å². The predicted octanol–water partition coefficient (Wildman–Crippen LogP) is 3.33. The van der Waals surface area contributed by atoms with Crippen LogP contribution >= 0.6 is 11.6 Å². The monoisotopic (exact) mass is 351 g/mol. The second kappa shape index (κ2) is 6.41. The van der Waals surface area contributed by atoms with Crippen LogP contribution in [0, 0.1) is 0 Å². The second-order valence-corrected chi connectivity index (χ2v) is 6.01. The number of aromatic nitrogens is 4. The van der Waals surface area contributed by atoms with E-state index in [1.54, 1.807) is 29.2 Å². The minimum atomic E-state index is -0.176. The van der Waals surface area contributed by atoms with Crippen molar-refractivity contribution in [2.24, 2.45) is 0 Å². The number of rotatable bonds is 4. The Labute approximate surface area is 148 Å². The third-order valence-electron chi connectivity index (χ3n) is 3.83. The molecule has 2 N–H and O–H groups in total. The fourth-order valence-electron chi connectivity index (χ4n) is 2.60. The maximum atomic E-state index is 12.4. The number of benzene rings is 1. The number of halogens is 1. The van der Waals surface area contributed by atoms with Crippen molar-refractivity contribution >= 4 is 28.4 Å². The molecular weight excluding hydrogens is 338 g/mol. The van der Waals surface area contributed by atoms with Crippen molar-refractivity contribution < 1.29 is 4.79 Å². The zero-order valence-electron chi connectivity index (χ0n) is 13.1. The topological polar surface area (TPSA) is 75.6 Å². The molecule has 0 radical (unpaired) electrons. The third kappa shape index (κ3) is 3.25. The molecule has 25 heavy (non-hydrogen) atoms. The van der Waals surface area contributed by atoms with Crippen molar-refractivity contribution in [2.75, 3.05) is 0 Å². The summed E-state index contributed by atoms with van der Waals surface area (Å²) in [5.41, 5.74) is 2.31. The number of pyridine rings is 1. The summed E-state index contributed by atoms with van der Waals surface area (Å²) < 4.78 is 1.67. The predicted molar refractivity (Wildman–Crippen MR) is 95.8 cm³/mol. The standard InChI is InChI=1S/C18H14ClN5O/c19-14-2-3-15-13(9-14)10-16(23-15)18(25)21-11-12-4-6-20-17(8-12)24-7-1-5-22-24/h1-10,23H,11H2,(H,21,25). The molecule has 4 rings (SSSR count). The zero-order chi connectivity index (χ0) is 17.2. The molecule has 3 aromatic heterocycles. The Hall–Kier alpha value is -3.12. The molecule has 0 saturated heterocycles. The average molecular weight is 352 g/mol. The highest BCUT2D eigenvalue weighted by Gasteiger charge is 2.10. The molecule has 3 heterocycles. The van der Waals surface area contributed by atoms with E-state index in [1.807, 2.05) is 36.5 Å². The highest BCUT2D eigenvalue weighted by molar-refractivity contribution is 6.31. The number of H-pyrrole nitrogens is 1. The molecule has 4 aromatic rings. The van der Waals surface area contributed by atoms with Gasteiger partial charge in [-0.1, -0.05) is 11.6 Å². The van der Waals surface area contributed by atoms with Crippen LogP contribution in [0.25, 0.3) is 16.7 Å². The van der Waals surface area contributed by atoms with E-state index in [4.69, 9.17) is 11.6 Å². The van der Waals surface area contributed by atoms with E-state index in [1.165, 1.54) is 0 Å². The molecule has 0 spiro atoms. The summed E-state index contributed by atoms with van der Waals surface area (Å²) in [5, 5.41) is 8.60. The van der Waals surface area contributed by atoms with Crippen molar-refractivity contribution in [3.8, 4) is 5.82 Å². The Balaban J connectivity index is 1.48. The van der Waals surface area contributed by atoms with Gasteiger partial charge in [0.25, 0.3) is 5.91 Å². The average Bonchev–Trinajstić information content (AvgIpc) is 3.29. The first-order chi connectivity index (χ1) is 12.2. The maximum Gasteiger partial charge on any atom is 0.267 e. The molecule has 7 heteroatoms. The van der Waals surface area contributed by atoms with Crippen LogP contribution < -0.4 is 5.32 Å². The number of carbonyl (C=O) groups is 1. The Kier molecular flexibility index (Phi) is 3.95. The number of carbonyl (C=O) groups excluding carboxylic acids is 1. The lowest BCUT2D eigenvalue weighted by Crippen LogP contribution is -2.23. The fraction of sp³-hybridized carbons (Fsp3) is 0.0556. The van der Waals surface area contributed by atoms with Gasteiger partial charge in [-0.05, 0) is 48.0 Å². The Morgan fingerprint density at radius 2 is 2.12 bits per heavy atom. The van der Waals surface area contributed by atoms with Crippen LogP contribution in [0.4, 0.5) is 0 Å². The molecule has 124 valence electrons. The molecule has 0 fully saturated rings. The van der Waals surface area contributed by atoms with Crippen LogP contribution in [0.1, 0.15) is 16.1 Å². The quantitative estimate of drug-likeness (QED) is 0.592. The molecule has 0 unspecified atom stereocenters. The lowest BCUT2D eigenvalue weighted by molar-refractivity contribution is 0.0946. The van der Waals surface area contributed by atoms with Crippen molar-refractivity contribution in [1.29, 1.82) is 0 Å². The maximum absolute atomic E-state index is 12.4. The largest absolute Gasteiger partial charge is 0.351 e. The van der Waals surface area contributed by atoms with Crippen molar-refractivity contribution in [2.45, 2.75) is 6.54 Å². The molecule has 0 saturated carbocycles. The van der Waals surface area contributed by atoms with Gasteiger partial charge in [0.15, 0.2) is 5.82 Å². The summed E-state index contributed by atoms with van der Waals surface area (Å²) in [7, 11) is 0. The Morgan fingerprint density at radius 3 is 2.96 bits per heavy atom. The van der Waals surface area contributed by atoms with Gasteiger partial charge in [-0.3, -0.25) is 4.79 Å². The van der Waals surface area contributed by atoms with E-state index >= 15 is 0 Å². The van der Waals surface area contributed by atoms with Crippen molar-refractivity contribution in [3.05, 3.63) is 77.3 Å². The number of hydrogen-bond acceptors (Lipinski definition) is 3. The lowest BCUT2D eigenvalue weighted by Gasteiger charge is -2.06. The molecule has 0 aliphatic carbocycles. The highest BCUT2D eigenvalue weighted by Crippen LogP contribution is 2.20. The Morgan fingerprint density at radius 1 is 1.20 bits per heavy atom. The van der Waals surface area contributed by atoms with Gasteiger partial charge in [-0.2, -0.15) is 5.10 Å². The van der Waals surface area contributed by atoms with Crippen LogP contribution in [0.2, 0.25) is 5.02 Å². The normalized spacial score (nSPS) is 10.9. The summed E-state index contributed by atoms with van der Waals surface area (Å²) in [6.07, 6.45) is 5.21. The van der Waals surface area contributed by atoms with Gasteiger partial charge in [0, 0.05) is 41.1 Å². The van der Waals surface area contributed by atoms with Gasteiger partial charge in [-0.15, -0.1) is 0 Å². The van der Waals surface area contributed by atoms with Gasteiger partial charge in [-0.25, -0.2) is 9.67 Å². The zero-order valence-corrected chi connectivity index (χ0v) is 13.9. The molecular formula is C18H14ClN5O. The molecule has 0 bridgehead atoms. The summed E-state index contributed by atoms with van der Waals surface area (Å²) in [4.78, 5) is 19.7. The summed E-state index contributed by atoms with van der Waals surface area (Å²) in [6, 6.07) is 12.8. The number of fused-ring (bicyclic) bond motifs is 1. The molecule has 0 aliphatic rings. The van der Waals surface area contributed by atoms with Gasteiger partial charge in [0.05, 0.1) is 0 Å². The van der Waals surface area contributed by atoms with Crippen LogP contribution in [-0.2, 0) is 6.54 Å². The van der Waals surface area contributed by atoms with Crippen molar-refractivity contribution in [3.63, 3.8) is 0 Å². The number of nitrogens with one attached hydrogen (secondary N) is 2. The van der Waals surface area contributed by atoms with Gasteiger partial charge >= 0.3 is 0 Å². The lowest BCUT2D eigenvalue weighted by atomic mass is 10.2. The number of amides is 1. The summed E-state index contributed by atoms with van der Waals surface area (Å²) >= 11 is 5.98. The van der Waals surface area contributed by atoms with Crippen LogP contribution in [-0.4, -0.2) is 25.7 Å². The van der Waals surface area contributed by atoms with Crippen LogP contribution in [0.15, 0.2) is 61.1 Å². The van der Waals surface area contributed by atoms with Crippen LogP contribution in [0.5, 0.6) is 0 Å². The third-order valence-corrected chi connectivity index (χ3v) is 4.06.